The van der Waals surface area contributed by atoms with Gasteiger partial charge in [-0.3, -0.25) is 0 Å². The van der Waals surface area contributed by atoms with Gasteiger partial charge in [0.25, 0.3) is 0 Å². The maximum atomic E-state index is 2.74. The van der Waals surface area contributed by atoms with E-state index in [0.29, 0.717) is 0 Å². The number of rotatable bonds is 15. The molecule has 0 bridgehead atoms. The molecule has 0 aliphatic heterocycles. The Balaban J connectivity index is -0.00000162. The quantitative estimate of drug-likeness (QED) is 0.239. The Hall–Kier alpha value is 0.769. The Bertz CT molecular complexity index is 139. The van der Waals surface area contributed by atoms with Gasteiger partial charge in [-0.05, 0) is 38.9 Å². The maximum absolute atomic E-state index is 2.74. The van der Waals surface area contributed by atoms with Crippen LogP contribution in [0.4, 0.5) is 0 Å². The third-order valence-corrected chi connectivity index (χ3v) is 3.98. The number of nitrogens with zero attached hydrogens (tertiary/aromatic N) is 1. The molecule has 132 valence electrons. The number of unbranched alkanes of at least 4 members (excludes halogenated alkanes) is 9. The molecule has 0 fully saturated rings. The van der Waals surface area contributed by atoms with E-state index in [4.69, 9.17) is 0 Å². The molecule has 0 rings (SSSR count). The van der Waals surface area contributed by atoms with Crippen LogP contribution in [0.2, 0.25) is 0 Å². The smallest absolute Gasteiger partial charge is 0 e. The van der Waals surface area contributed by atoms with Crippen molar-refractivity contribution < 1.29 is 17.1 Å². The molecule has 1 nitrogen and oxygen atoms in total. The van der Waals surface area contributed by atoms with Gasteiger partial charge in [0, 0.05) is 17.1 Å². The molecule has 0 aliphatic carbocycles. The predicted octanol–water partition coefficient (Wildman–Crippen LogP) is 6.45. The monoisotopic (exact) mass is 361 g/mol. The molecule has 0 amide bonds. The topological polar surface area (TPSA) is 3.24 Å². The van der Waals surface area contributed by atoms with Gasteiger partial charge in [-0.1, -0.05) is 78.6 Å². The Kier molecular flexibility index (Phi) is 29.2. The summed E-state index contributed by atoms with van der Waals surface area (Å²) < 4.78 is 0. The minimum absolute atomic E-state index is 0. The van der Waals surface area contributed by atoms with Crippen LogP contribution in [0.3, 0.4) is 0 Å². The first-order valence-corrected chi connectivity index (χ1v) is 9.07. The van der Waals surface area contributed by atoms with Crippen LogP contribution >= 0.6 is 12.4 Å². The molecule has 0 aromatic rings. The van der Waals surface area contributed by atoms with Crippen LogP contribution in [-0.4, -0.2) is 24.5 Å². The van der Waals surface area contributed by atoms with Gasteiger partial charge in [0.2, 0.25) is 0 Å². The van der Waals surface area contributed by atoms with Crippen molar-refractivity contribution >= 4 is 12.4 Å². The standard InChI is InChI=1S/C18H39N.ClH.Fe/c1-4-7-10-13-16-19(17-14-11-8-5-2)18-15-12-9-6-3;;/h4-18H2,1-3H3;1H;. The fraction of sp³-hybridized carbons (Fsp3) is 1.00. The molecule has 0 saturated carbocycles. The van der Waals surface area contributed by atoms with Gasteiger partial charge in [0.1, 0.15) is 0 Å². The van der Waals surface area contributed by atoms with Crippen molar-refractivity contribution in [1.82, 2.24) is 4.90 Å². The summed E-state index contributed by atoms with van der Waals surface area (Å²) in [4.78, 5) is 2.74. The van der Waals surface area contributed by atoms with Crippen molar-refractivity contribution in [3.63, 3.8) is 0 Å². The summed E-state index contributed by atoms with van der Waals surface area (Å²) in [5.41, 5.74) is 0. The van der Waals surface area contributed by atoms with E-state index in [1.807, 2.05) is 0 Å². The molecule has 0 radical (unpaired) electrons. The average Bonchev–Trinajstić information content (AvgIpc) is 2.43. The summed E-state index contributed by atoms with van der Waals surface area (Å²) in [5, 5.41) is 0. The third kappa shape index (κ3) is 20.8. The van der Waals surface area contributed by atoms with E-state index in [2.05, 4.69) is 25.7 Å². The van der Waals surface area contributed by atoms with E-state index < -0.39 is 0 Å². The summed E-state index contributed by atoms with van der Waals surface area (Å²) in [6, 6.07) is 0. The van der Waals surface area contributed by atoms with Crippen molar-refractivity contribution in [1.29, 1.82) is 0 Å². The van der Waals surface area contributed by atoms with Crippen LogP contribution in [0.5, 0.6) is 0 Å². The summed E-state index contributed by atoms with van der Waals surface area (Å²) in [6.45, 7) is 10.9. The summed E-state index contributed by atoms with van der Waals surface area (Å²) in [6.07, 6.45) is 16.8. The molecular formula is C18H40ClFeN. The van der Waals surface area contributed by atoms with Gasteiger partial charge < -0.3 is 4.90 Å². The molecule has 0 aliphatic rings. The van der Waals surface area contributed by atoms with Crippen molar-refractivity contribution in [2.75, 3.05) is 19.6 Å². The van der Waals surface area contributed by atoms with E-state index >= 15 is 0 Å². The second-order valence-corrected chi connectivity index (χ2v) is 6.02. The van der Waals surface area contributed by atoms with Crippen molar-refractivity contribution in [3.8, 4) is 0 Å². The molecule has 21 heavy (non-hydrogen) atoms. The summed E-state index contributed by atoms with van der Waals surface area (Å²) in [5.74, 6) is 0. The van der Waals surface area contributed by atoms with Gasteiger partial charge in [-0.25, -0.2) is 0 Å². The van der Waals surface area contributed by atoms with Crippen LogP contribution in [0.15, 0.2) is 0 Å². The molecule has 0 N–H and O–H groups in total. The molecular weight excluding hydrogens is 322 g/mol. The fourth-order valence-corrected chi connectivity index (χ4v) is 2.62. The average molecular weight is 362 g/mol. The molecule has 3 heteroatoms. The number of halogens is 1. The summed E-state index contributed by atoms with van der Waals surface area (Å²) >= 11 is 0. The van der Waals surface area contributed by atoms with Crippen molar-refractivity contribution in [2.24, 2.45) is 0 Å². The van der Waals surface area contributed by atoms with Gasteiger partial charge in [0.15, 0.2) is 0 Å². The van der Waals surface area contributed by atoms with Gasteiger partial charge in [-0.15, -0.1) is 12.4 Å². The van der Waals surface area contributed by atoms with Crippen LogP contribution in [-0.2, 0) is 17.1 Å². The zero-order valence-corrected chi connectivity index (χ0v) is 16.7. The van der Waals surface area contributed by atoms with Crippen LogP contribution < -0.4 is 0 Å². The van der Waals surface area contributed by atoms with Crippen molar-refractivity contribution in [2.45, 2.75) is 97.8 Å². The van der Waals surface area contributed by atoms with E-state index in [1.165, 1.54) is 96.7 Å². The molecule has 0 aromatic carbocycles. The zero-order chi connectivity index (χ0) is 14.2. The Morgan fingerprint density at radius 1 is 0.476 bits per heavy atom. The number of hydrogen-bond donors (Lipinski definition) is 0. The Morgan fingerprint density at radius 2 is 0.762 bits per heavy atom. The Morgan fingerprint density at radius 3 is 1.00 bits per heavy atom. The SMILES string of the molecule is CCCCCCN(CCCCCC)CCCCCC.Cl.[Fe]. The normalized spacial score (nSPS) is 10.3. The van der Waals surface area contributed by atoms with Gasteiger partial charge in [0.05, 0.1) is 0 Å². The second kappa shape index (κ2) is 23.0. The minimum Gasteiger partial charge on any atom is -0.303 e. The molecule has 0 aromatic heterocycles. The van der Waals surface area contributed by atoms with E-state index in [9.17, 15) is 0 Å². The van der Waals surface area contributed by atoms with Crippen molar-refractivity contribution in [3.05, 3.63) is 0 Å². The number of hydrogen-bond acceptors (Lipinski definition) is 1. The zero-order valence-electron chi connectivity index (χ0n) is 14.8. The molecule has 0 unspecified atom stereocenters. The Labute approximate surface area is 151 Å². The minimum atomic E-state index is 0. The maximum Gasteiger partial charge on any atom is 0 e. The summed E-state index contributed by atoms with van der Waals surface area (Å²) in [7, 11) is 0. The molecule has 0 spiro atoms. The largest absolute Gasteiger partial charge is 0.303 e. The van der Waals surface area contributed by atoms with Crippen LogP contribution in [0.25, 0.3) is 0 Å². The molecule has 0 atom stereocenters. The third-order valence-electron chi connectivity index (χ3n) is 3.98. The van der Waals surface area contributed by atoms with E-state index in [-0.39, 0.29) is 29.5 Å². The van der Waals surface area contributed by atoms with Gasteiger partial charge >= 0.3 is 0 Å². The van der Waals surface area contributed by atoms with E-state index in [0.717, 1.165) is 0 Å². The molecule has 0 saturated heterocycles. The van der Waals surface area contributed by atoms with E-state index in [1.54, 1.807) is 0 Å². The van der Waals surface area contributed by atoms with Crippen LogP contribution in [0, 0.1) is 0 Å². The van der Waals surface area contributed by atoms with Crippen LogP contribution in [0.1, 0.15) is 97.8 Å². The second-order valence-electron chi connectivity index (χ2n) is 6.02. The van der Waals surface area contributed by atoms with Gasteiger partial charge in [-0.2, -0.15) is 0 Å². The fourth-order valence-electron chi connectivity index (χ4n) is 2.62. The first-order valence-electron chi connectivity index (χ1n) is 9.07. The predicted molar refractivity (Wildman–Crippen MR) is 96.1 cm³/mol. The first kappa shape index (κ1) is 26.7. The molecule has 0 heterocycles. The first-order chi connectivity index (χ1) is 9.35.